The largest absolute Gasteiger partial charge is 0.432 e. The van der Waals surface area contributed by atoms with Gasteiger partial charge in [-0.15, -0.1) is 0 Å². The Morgan fingerprint density at radius 3 is 1.97 bits per heavy atom. The van der Waals surface area contributed by atoms with Crippen molar-refractivity contribution in [2.24, 2.45) is 11.8 Å². The van der Waals surface area contributed by atoms with E-state index >= 15 is 0 Å². The van der Waals surface area contributed by atoms with Crippen LogP contribution in [-0.4, -0.2) is 6.11 Å². The molecule has 0 bridgehead atoms. The second-order valence-corrected chi connectivity index (χ2v) is 9.05. The van der Waals surface area contributed by atoms with E-state index in [1.165, 1.54) is 25.7 Å². The van der Waals surface area contributed by atoms with Gasteiger partial charge in [-0.2, -0.15) is 8.78 Å². The van der Waals surface area contributed by atoms with E-state index in [2.05, 4.69) is 11.7 Å². The van der Waals surface area contributed by atoms with Gasteiger partial charge in [-0.1, -0.05) is 64.4 Å². The van der Waals surface area contributed by atoms with Crippen molar-refractivity contribution in [2.75, 3.05) is 0 Å². The third-order valence-electron chi connectivity index (χ3n) is 6.52. The lowest BCUT2D eigenvalue weighted by molar-refractivity contribution is -0.183. The second-order valence-electron chi connectivity index (χ2n) is 9.05. The van der Waals surface area contributed by atoms with E-state index in [1.807, 2.05) is 0 Å². The average Bonchev–Trinajstić information content (AvgIpc) is 2.75. The number of halogens is 6. The van der Waals surface area contributed by atoms with Gasteiger partial charge in [0, 0.05) is 12.1 Å². The van der Waals surface area contributed by atoms with Crippen molar-refractivity contribution in [1.29, 1.82) is 0 Å². The monoisotopic (exact) mass is 472 g/mol. The fourth-order valence-electron chi connectivity index (χ4n) is 4.62. The third-order valence-corrected chi connectivity index (χ3v) is 6.52. The van der Waals surface area contributed by atoms with Gasteiger partial charge in [0.2, 0.25) is 0 Å². The minimum atomic E-state index is -3.57. The zero-order chi connectivity index (χ0) is 24.0. The summed E-state index contributed by atoms with van der Waals surface area (Å²) in [5, 5.41) is 0. The number of ether oxygens (including phenoxy) is 1. The molecule has 182 valence electrons. The van der Waals surface area contributed by atoms with Crippen LogP contribution >= 0.6 is 0 Å². The van der Waals surface area contributed by atoms with Crippen LogP contribution in [0.3, 0.4) is 0 Å². The van der Waals surface area contributed by atoms with Crippen LogP contribution in [0.1, 0.15) is 71.1 Å². The molecule has 1 fully saturated rings. The summed E-state index contributed by atoms with van der Waals surface area (Å²) >= 11 is 0. The highest BCUT2D eigenvalue weighted by atomic mass is 19.3. The van der Waals surface area contributed by atoms with Crippen molar-refractivity contribution in [2.45, 2.75) is 77.2 Å². The van der Waals surface area contributed by atoms with E-state index in [1.54, 1.807) is 0 Å². The van der Waals surface area contributed by atoms with Crippen LogP contribution in [0.4, 0.5) is 26.3 Å². The molecule has 1 nitrogen and oxygen atoms in total. The molecule has 1 saturated carbocycles. The van der Waals surface area contributed by atoms with Crippen LogP contribution in [0.25, 0.3) is 11.1 Å². The summed E-state index contributed by atoms with van der Waals surface area (Å²) in [7, 11) is 0. The highest BCUT2D eigenvalue weighted by Crippen LogP contribution is 2.38. The Labute approximate surface area is 191 Å². The summed E-state index contributed by atoms with van der Waals surface area (Å²) in [6.07, 6.45) is 4.97. The summed E-state index contributed by atoms with van der Waals surface area (Å²) in [4.78, 5) is 0. The number of unbranched alkanes of at least 4 members (excludes halogenated alkanes) is 2. The van der Waals surface area contributed by atoms with Gasteiger partial charge in [0.1, 0.15) is 17.4 Å². The van der Waals surface area contributed by atoms with E-state index in [0.29, 0.717) is 24.1 Å². The maximum Gasteiger partial charge on any atom is 0.397 e. The standard InChI is InChI=1S/C26H30F6O/c1-2-3-4-5-17-6-8-18(9-7-17)12-13-26(31,32)33-20-15-23(29)25(24(30)16-20)19-10-11-21(27)22(28)14-19/h10-11,14-18H,2-9,12-13H2,1H3. The topological polar surface area (TPSA) is 9.23 Å². The molecule has 0 unspecified atom stereocenters. The lowest BCUT2D eigenvalue weighted by Crippen LogP contribution is -2.26. The van der Waals surface area contributed by atoms with Gasteiger partial charge in [0.05, 0.1) is 12.0 Å². The van der Waals surface area contributed by atoms with Gasteiger partial charge in [-0.3, -0.25) is 0 Å². The summed E-state index contributed by atoms with van der Waals surface area (Å²) in [5.41, 5.74) is -0.882. The fraction of sp³-hybridized carbons (Fsp3) is 0.538. The molecule has 7 heteroatoms. The molecule has 0 aromatic heterocycles. The lowest BCUT2D eigenvalue weighted by atomic mass is 9.78. The molecule has 1 aliphatic rings. The molecule has 2 aromatic rings. The fourth-order valence-corrected chi connectivity index (χ4v) is 4.62. The molecule has 33 heavy (non-hydrogen) atoms. The third kappa shape index (κ3) is 7.15. The molecular formula is C26H30F6O. The second kappa shape index (κ2) is 11.3. The molecule has 0 N–H and O–H groups in total. The lowest BCUT2D eigenvalue weighted by Gasteiger charge is -2.29. The Morgan fingerprint density at radius 2 is 1.39 bits per heavy atom. The molecule has 0 radical (unpaired) electrons. The van der Waals surface area contributed by atoms with Gasteiger partial charge in [-0.25, -0.2) is 17.6 Å². The summed E-state index contributed by atoms with van der Waals surface area (Å²) in [6.45, 7) is 2.17. The van der Waals surface area contributed by atoms with Crippen molar-refractivity contribution < 1.29 is 31.1 Å². The van der Waals surface area contributed by atoms with Gasteiger partial charge in [0.25, 0.3) is 0 Å². The minimum absolute atomic E-state index is 0.200. The Bertz CT molecular complexity index is 898. The normalized spacial score (nSPS) is 19.0. The van der Waals surface area contributed by atoms with E-state index in [0.717, 1.165) is 37.8 Å². The molecule has 0 aliphatic heterocycles. The maximum atomic E-state index is 14.4. The molecule has 3 rings (SSSR count). The zero-order valence-electron chi connectivity index (χ0n) is 18.8. The van der Waals surface area contributed by atoms with Crippen LogP contribution in [0, 0.1) is 35.1 Å². The number of rotatable bonds is 10. The predicted octanol–water partition coefficient (Wildman–Crippen LogP) is 9.05. The van der Waals surface area contributed by atoms with Crippen LogP contribution in [0.5, 0.6) is 5.75 Å². The van der Waals surface area contributed by atoms with E-state index < -0.39 is 47.1 Å². The Kier molecular flexibility index (Phi) is 8.71. The number of benzene rings is 2. The van der Waals surface area contributed by atoms with Gasteiger partial charge >= 0.3 is 6.11 Å². The summed E-state index contributed by atoms with van der Waals surface area (Å²) in [6, 6.07) is 3.66. The van der Waals surface area contributed by atoms with Crippen LogP contribution < -0.4 is 4.74 Å². The van der Waals surface area contributed by atoms with E-state index in [9.17, 15) is 26.3 Å². The number of alkyl halides is 2. The molecular weight excluding hydrogens is 442 g/mol. The van der Waals surface area contributed by atoms with E-state index in [4.69, 9.17) is 0 Å². The van der Waals surface area contributed by atoms with Gasteiger partial charge in [-0.05, 0) is 36.0 Å². The molecule has 0 saturated heterocycles. The van der Waals surface area contributed by atoms with Crippen molar-refractivity contribution in [1.82, 2.24) is 0 Å². The van der Waals surface area contributed by atoms with Crippen LogP contribution in [-0.2, 0) is 0 Å². The van der Waals surface area contributed by atoms with Crippen molar-refractivity contribution in [3.63, 3.8) is 0 Å². The molecule has 2 aromatic carbocycles. The Balaban J connectivity index is 1.56. The minimum Gasteiger partial charge on any atom is -0.432 e. The quantitative estimate of drug-likeness (QED) is 0.248. The SMILES string of the molecule is CCCCCC1CCC(CCC(F)(F)Oc2cc(F)c(-c3ccc(F)c(F)c3)c(F)c2)CC1. The Morgan fingerprint density at radius 1 is 0.788 bits per heavy atom. The van der Waals surface area contributed by atoms with Crippen molar-refractivity contribution in [3.8, 4) is 16.9 Å². The molecule has 0 amide bonds. The van der Waals surface area contributed by atoms with Crippen LogP contribution in [0.2, 0.25) is 0 Å². The molecule has 0 atom stereocenters. The summed E-state index contributed by atoms with van der Waals surface area (Å²) < 4.78 is 88.8. The first-order chi connectivity index (χ1) is 15.7. The highest BCUT2D eigenvalue weighted by molar-refractivity contribution is 5.66. The van der Waals surface area contributed by atoms with E-state index in [-0.39, 0.29) is 17.9 Å². The molecule has 1 aliphatic carbocycles. The van der Waals surface area contributed by atoms with Crippen molar-refractivity contribution >= 4 is 0 Å². The molecule has 0 heterocycles. The van der Waals surface area contributed by atoms with Gasteiger partial charge < -0.3 is 4.74 Å². The first-order valence-electron chi connectivity index (χ1n) is 11.7. The Hall–Kier alpha value is -2.18. The van der Waals surface area contributed by atoms with Crippen molar-refractivity contribution in [3.05, 3.63) is 53.6 Å². The maximum absolute atomic E-state index is 14.4. The van der Waals surface area contributed by atoms with Gasteiger partial charge in [0.15, 0.2) is 11.6 Å². The van der Waals surface area contributed by atoms with Crippen LogP contribution in [0.15, 0.2) is 30.3 Å². The predicted molar refractivity (Wildman–Crippen MR) is 116 cm³/mol. The number of hydrogen-bond acceptors (Lipinski definition) is 1. The molecule has 0 spiro atoms. The first-order valence-corrected chi connectivity index (χ1v) is 11.7. The average molecular weight is 473 g/mol. The summed E-state index contributed by atoms with van der Waals surface area (Å²) in [5.74, 6) is -4.60. The smallest absolute Gasteiger partial charge is 0.397 e. The zero-order valence-corrected chi connectivity index (χ0v) is 18.8. The number of hydrogen-bond donors (Lipinski definition) is 0. The highest BCUT2D eigenvalue weighted by Gasteiger charge is 2.34. The first kappa shape index (κ1) is 25.4.